The van der Waals surface area contributed by atoms with Crippen molar-refractivity contribution in [1.29, 1.82) is 0 Å². The van der Waals surface area contributed by atoms with Gasteiger partial charge in [0.05, 0.1) is 17.7 Å². The molecule has 0 radical (unpaired) electrons. The van der Waals surface area contributed by atoms with E-state index in [1.165, 1.54) is 0 Å². The Morgan fingerprint density at radius 3 is 2.77 bits per heavy atom. The summed E-state index contributed by atoms with van der Waals surface area (Å²) in [5.74, 6) is -0.113. The van der Waals surface area contributed by atoms with Crippen molar-refractivity contribution in [1.82, 2.24) is 4.98 Å². The maximum Gasteiger partial charge on any atom is 0.243 e. The first-order valence-electron chi connectivity index (χ1n) is 6.85. The smallest absolute Gasteiger partial charge is 0.243 e. The summed E-state index contributed by atoms with van der Waals surface area (Å²) in [6.45, 7) is 0.194. The van der Waals surface area contributed by atoms with E-state index in [1.807, 2.05) is 54.6 Å². The molecule has 0 saturated heterocycles. The number of halogens is 1. The summed E-state index contributed by atoms with van der Waals surface area (Å²) in [5.41, 5.74) is 2.40. The number of aromatic nitrogens is 1. The van der Waals surface area contributed by atoms with Gasteiger partial charge < -0.3 is 10.6 Å². The molecule has 4 nitrogen and oxygen atoms in total. The lowest BCUT2D eigenvalue weighted by Crippen LogP contribution is -2.21. The summed E-state index contributed by atoms with van der Waals surface area (Å²) in [6, 6.07) is 17.3. The van der Waals surface area contributed by atoms with Gasteiger partial charge in [-0.15, -0.1) is 0 Å². The van der Waals surface area contributed by atoms with Gasteiger partial charge in [-0.3, -0.25) is 9.78 Å². The van der Waals surface area contributed by atoms with Gasteiger partial charge >= 0.3 is 0 Å². The van der Waals surface area contributed by atoms with Crippen molar-refractivity contribution in [3.8, 4) is 0 Å². The van der Waals surface area contributed by atoms with Gasteiger partial charge in [0.2, 0.25) is 5.91 Å². The number of fused-ring (bicyclic) bond motifs is 1. The van der Waals surface area contributed by atoms with E-state index in [1.54, 1.807) is 6.20 Å². The molecule has 0 atom stereocenters. The Labute approximate surface area is 136 Å². The molecule has 2 N–H and O–H groups in total. The number of nitrogens with one attached hydrogen (secondary N) is 2. The highest BCUT2D eigenvalue weighted by atomic mass is 79.9. The van der Waals surface area contributed by atoms with Crippen molar-refractivity contribution < 1.29 is 4.79 Å². The minimum Gasteiger partial charge on any atom is -0.376 e. The molecule has 5 heteroatoms. The monoisotopic (exact) mass is 355 g/mol. The Kier molecular flexibility index (Phi) is 4.34. The van der Waals surface area contributed by atoms with E-state index in [2.05, 4.69) is 31.5 Å². The Hall–Kier alpha value is -2.40. The molecule has 0 aliphatic heterocycles. The summed E-state index contributed by atoms with van der Waals surface area (Å²) in [5, 5.41) is 6.99. The fourth-order valence-electron chi connectivity index (χ4n) is 2.18. The molecule has 22 heavy (non-hydrogen) atoms. The van der Waals surface area contributed by atoms with Crippen LogP contribution in [0.2, 0.25) is 0 Å². The molecule has 1 aromatic heterocycles. The van der Waals surface area contributed by atoms with E-state index in [-0.39, 0.29) is 12.5 Å². The third-order valence-electron chi connectivity index (χ3n) is 3.18. The molecule has 0 aliphatic rings. The first-order valence-corrected chi connectivity index (χ1v) is 7.65. The molecule has 2 aromatic carbocycles. The second kappa shape index (κ2) is 6.58. The van der Waals surface area contributed by atoms with Crippen LogP contribution >= 0.6 is 15.9 Å². The number of amides is 1. The number of rotatable bonds is 4. The average molecular weight is 356 g/mol. The molecule has 1 amide bonds. The first-order chi connectivity index (χ1) is 10.7. The average Bonchev–Trinajstić information content (AvgIpc) is 2.53. The zero-order chi connectivity index (χ0) is 15.4. The fraction of sp³-hybridized carbons (Fsp3) is 0.0588. The Morgan fingerprint density at radius 2 is 1.91 bits per heavy atom. The molecule has 1 heterocycles. The van der Waals surface area contributed by atoms with Crippen LogP contribution in [0.15, 0.2) is 65.3 Å². The van der Waals surface area contributed by atoms with Gasteiger partial charge in [-0.25, -0.2) is 0 Å². The lowest BCUT2D eigenvalue weighted by molar-refractivity contribution is -0.114. The number of hydrogen-bond donors (Lipinski definition) is 2. The van der Waals surface area contributed by atoms with Gasteiger partial charge in [-0.1, -0.05) is 40.2 Å². The summed E-state index contributed by atoms with van der Waals surface area (Å²) in [7, 11) is 0. The zero-order valence-electron chi connectivity index (χ0n) is 11.7. The van der Waals surface area contributed by atoms with Crippen LogP contribution in [-0.2, 0) is 4.79 Å². The number of nitrogens with zero attached hydrogens (tertiary/aromatic N) is 1. The summed E-state index contributed by atoms with van der Waals surface area (Å²) < 4.78 is 0.969. The van der Waals surface area contributed by atoms with Gasteiger partial charge in [0, 0.05) is 21.7 Å². The quantitative estimate of drug-likeness (QED) is 0.742. The van der Waals surface area contributed by atoms with Crippen LogP contribution in [-0.4, -0.2) is 17.4 Å². The van der Waals surface area contributed by atoms with Crippen molar-refractivity contribution >= 4 is 44.1 Å². The Morgan fingerprint density at radius 1 is 1.09 bits per heavy atom. The van der Waals surface area contributed by atoms with Crippen molar-refractivity contribution in [3.05, 3.63) is 65.3 Å². The van der Waals surface area contributed by atoms with Crippen molar-refractivity contribution in [2.75, 3.05) is 17.2 Å². The fourth-order valence-corrected chi connectivity index (χ4v) is 2.58. The molecule has 0 saturated carbocycles. The topological polar surface area (TPSA) is 54.0 Å². The van der Waals surface area contributed by atoms with Gasteiger partial charge in [0.15, 0.2) is 0 Å². The van der Waals surface area contributed by atoms with Crippen LogP contribution in [0.3, 0.4) is 0 Å². The van der Waals surface area contributed by atoms with Gasteiger partial charge in [-0.2, -0.15) is 0 Å². The third kappa shape index (κ3) is 3.43. The van der Waals surface area contributed by atoms with E-state index < -0.39 is 0 Å². The molecule has 0 aliphatic carbocycles. The van der Waals surface area contributed by atoms with Crippen LogP contribution in [0.25, 0.3) is 10.9 Å². The van der Waals surface area contributed by atoms with Crippen LogP contribution in [0, 0.1) is 0 Å². The van der Waals surface area contributed by atoms with Crippen LogP contribution in [0.5, 0.6) is 0 Å². The lowest BCUT2D eigenvalue weighted by Gasteiger charge is -2.09. The Bertz CT molecular complexity index is 814. The molecular formula is C17H14BrN3O. The predicted molar refractivity (Wildman–Crippen MR) is 93.0 cm³/mol. The van der Waals surface area contributed by atoms with Crippen molar-refractivity contribution in [2.24, 2.45) is 0 Å². The lowest BCUT2D eigenvalue weighted by atomic mass is 10.2. The highest BCUT2D eigenvalue weighted by molar-refractivity contribution is 9.10. The molecule has 0 bridgehead atoms. The highest BCUT2D eigenvalue weighted by Crippen LogP contribution is 2.20. The first kappa shape index (κ1) is 14.5. The van der Waals surface area contributed by atoms with E-state index in [4.69, 9.17) is 0 Å². The van der Waals surface area contributed by atoms with E-state index >= 15 is 0 Å². The second-order valence-corrected chi connectivity index (χ2v) is 5.71. The third-order valence-corrected chi connectivity index (χ3v) is 3.68. The number of benzene rings is 2. The number of carbonyl (C=O) groups excluding carboxylic acids is 1. The largest absolute Gasteiger partial charge is 0.376 e. The standard InChI is InChI=1S/C17H14BrN3O/c18-13-6-2-7-14(10-13)20-11-16(22)21-15-8-1-4-12-5-3-9-19-17(12)15/h1-10,20H,11H2,(H,21,22). The van der Waals surface area contributed by atoms with Crippen LogP contribution < -0.4 is 10.6 Å². The molecule has 0 spiro atoms. The van der Waals surface area contributed by atoms with Gasteiger partial charge in [-0.05, 0) is 30.3 Å². The van der Waals surface area contributed by atoms with Crippen LogP contribution in [0.1, 0.15) is 0 Å². The number of hydrogen-bond acceptors (Lipinski definition) is 3. The number of anilines is 2. The van der Waals surface area contributed by atoms with Crippen LogP contribution in [0.4, 0.5) is 11.4 Å². The number of carbonyl (C=O) groups is 1. The van der Waals surface area contributed by atoms with E-state index in [0.29, 0.717) is 0 Å². The van der Waals surface area contributed by atoms with E-state index in [0.717, 1.165) is 26.8 Å². The zero-order valence-corrected chi connectivity index (χ0v) is 13.3. The van der Waals surface area contributed by atoms with Crippen molar-refractivity contribution in [3.63, 3.8) is 0 Å². The summed E-state index contributed by atoms with van der Waals surface area (Å²) in [6.07, 6.45) is 1.72. The maximum atomic E-state index is 12.1. The highest BCUT2D eigenvalue weighted by Gasteiger charge is 2.06. The SMILES string of the molecule is O=C(CNc1cccc(Br)c1)Nc1cccc2cccnc12. The molecule has 0 unspecified atom stereocenters. The minimum absolute atomic E-state index is 0.113. The number of para-hydroxylation sites is 1. The minimum atomic E-state index is -0.113. The molecule has 110 valence electrons. The van der Waals surface area contributed by atoms with E-state index in [9.17, 15) is 4.79 Å². The molecule has 0 fully saturated rings. The summed E-state index contributed by atoms with van der Waals surface area (Å²) in [4.78, 5) is 16.4. The Balaban J connectivity index is 1.68. The predicted octanol–water partition coefficient (Wildman–Crippen LogP) is 4.05. The number of pyridine rings is 1. The molecule has 3 rings (SSSR count). The van der Waals surface area contributed by atoms with Gasteiger partial charge in [0.25, 0.3) is 0 Å². The summed E-state index contributed by atoms with van der Waals surface area (Å²) >= 11 is 3.40. The normalized spacial score (nSPS) is 10.4. The molecular weight excluding hydrogens is 342 g/mol. The second-order valence-electron chi connectivity index (χ2n) is 4.79. The van der Waals surface area contributed by atoms with Gasteiger partial charge in [0.1, 0.15) is 0 Å². The van der Waals surface area contributed by atoms with Crippen molar-refractivity contribution in [2.45, 2.75) is 0 Å². The molecule has 3 aromatic rings. The maximum absolute atomic E-state index is 12.1.